The Labute approximate surface area is 99.7 Å². The van der Waals surface area contributed by atoms with Gasteiger partial charge in [-0.15, -0.1) is 0 Å². The Morgan fingerprint density at radius 2 is 2.31 bits per heavy atom. The van der Waals surface area contributed by atoms with E-state index >= 15 is 0 Å². The third-order valence-electron chi connectivity index (χ3n) is 2.23. The third-order valence-corrected chi connectivity index (χ3v) is 2.89. The minimum absolute atomic E-state index is 0.290. The molecule has 1 heterocycles. The molecule has 1 N–H and O–H groups in total. The fraction of sp³-hybridized carbons (Fsp3) is 0.182. The zero-order chi connectivity index (χ0) is 11.7. The summed E-state index contributed by atoms with van der Waals surface area (Å²) in [7, 11) is 0. The number of benzene rings is 1. The van der Waals surface area contributed by atoms with Gasteiger partial charge in [-0.05, 0) is 19.1 Å². The van der Waals surface area contributed by atoms with Crippen LogP contribution in [-0.4, -0.2) is 17.6 Å². The van der Waals surface area contributed by atoms with Crippen molar-refractivity contribution in [3.8, 4) is 0 Å². The van der Waals surface area contributed by atoms with Crippen molar-refractivity contribution in [3.05, 3.63) is 34.2 Å². The summed E-state index contributed by atoms with van der Waals surface area (Å²) in [6.07, 6.45) is 1.45. The van der Waals surface area contributed by atoms with Crippen LogP contribution in [0, 0.1) is 5.82 Å². The Morgan fingerprint density at radius 3 is 3.00 bits per heavy atom. The first-order valence-electron chi connectivity index (χ1n) is 4.77. The molecule has 16 heavy (non-hydrogen) atoms. The van der Waals surface area contributed by atoms with Crippen molar-refractivity contribution in [1.82, 2.24) is 4.98 Å². The number of hydrogen-bond donors (Lipinski definition) is 1. The van der Waals surface area contributed by atoms with Crippen molar-refractivity contribution in [3.63, 3.8) is 0 Å². The van der Waals surface area contributed by atoms with Gasteiger partial charge in [0.15, 0.2) is 0 Å². The Bertz CT molecular complexity index is 550. The SMILES string of the molecule is CCOC(=O)c1c[nH]c2c(F)ccc(Br)c12. The average molecular weight is 286 g/mol. The Balaban J connectivity index is 2.64. The molecule has 0 fully saturated rings. The van der Waals surface area contributed by atoms with Gasteiger partial charge in [0, 0.05) is 16.1 Å². The second kappa shape index (κ2) is 4.25. The maximum Gasteiger partial charge on any atom is 0.340 e. The highest BCUT2D eigenvalue weighted by Crippen LogP contribution is 2.29. The van der Waals surface area contributed by atoms with Gasteiger partial charge < -0.3 is 9.72 Å². The molecule has 2 rings (SSSR count). The predicted octanol–water partition coefficient (Wildman–Crippen LogP) is 3.25. The number of H-pyrrole nitrogens is 1. The zero-order valence-electron chi connectivity index (χ0n) is 8.51. The first-order valence-corrected chi connectivity index (χ1v) is 5.56. The molecule has 1 aromatic carbocycles. The van der Waals surface area contributed by atoms with E-state index < -0.39 is 11.8 Å². The summed E-state index contributed by atoms with van der Waals surface area (Å²) in [6, 6.07) is 2.89. The quantitative estimate of drug-likeness (QED) is 0.861. The molecule has 0 aliphatic heterocycles. The molecule has 0 spiro atoms. The van der Waals surface area contributed by atoms with Crippen LogP contribution in [-0.2, 0) is 4.74 Å². The minimum Gasteiger partial charge on any atom is -0.462 e. The number of rotatable bonds is 2. The lowest BCUT2D eigenvalue weighted by atomic mass is 10.2. The summed E-state index contributed by atoms with van der Waals surface area (Å²) < 4.78 is 19.0. The number of halogens is 2. The molecule has 0 unspecified atom stereocenters. The van der Waals surface area contributed by atoms with Crippen molar-refractivity contribution in [2.75, 3.05) is 6.61 Å². The standard InChI is InChI=1S/C11H9BrFNO2/c1-2-16-11(15)6-5-14-10-8(13)4-3-7(12)9(6)10/h3-5,14H,2H2,1H3. The second-order valence-corrected chi connectivity index (χ2v) is 4.06. The van der Waals surface area contributed by atoms with E-state index in [0.29, 0.717) is 27.5 Å². The molecule has 1 aromatic heterocycles. The van der Waals surface area contributed by atoms with E-state index in [4.69, 9.17) is 4.74 Å². The zero-order valence-corrected chi connectivity index (χ0v) is 10.1. The van der Waals surface area contributed by atoms with E-state index in [0.717, 1.165) is 0 Å². The third kappa shape index (κ3) is 1.71. The maximum atomic E-state index is 13.4. The lowest BCUT2D eigenvalue weighted by Crippen LogP contribution is -2.03. The number of carbonyl (C=O) groups is 1. The van der Waals surface area contributed by atoms with Crippen molar-refractivity contribution in [2.24, 2.45) is 0 Å². The van der Waals surface area contributed by atoms with Crippen molar-refractivity contribution in [2.45, 2.75) is 6.92 Å². The molecule has 84 valence electrons. The highest BCUT2D eigenvalue weighted by molar-refractivity contribution is 9.10. The van der Waals surface area contributed by atoms with E-state index in [1.165, 1.54) is 12.3 Å². The molecule has 5 heteroatoms. The molecule has 0 amide bonds. The molecule has 3 nitrogen and oxygen atoms in total. The molecule has 2 aromatic rings. The van der Waals surface area contributed by atoms with Crippen LogP contribution in [0.2, 0.25) is 0 Å². The number of aromatic amines is 1. The maximum absolute atomic E-state index is 13.4. The first-order chi connectivity index (χ1) is 7.65. The number of nitrogens with one attached hydrogen (secondary N) is 1. The number of fused-ring (bicyclic) bond motifs is 1. The van der Waals surface area contributed by atoms with Gasteiger partial charge in [-0.2, -0.15) is 0 Å². The Morgan fingerprint density at radius 1 is 1.56 bits per heavy atom. The van der Waals surface area contributed by atoms with Gasteiger partial charge in [0.2, 0.25) is 0 Å². The number of hydrogen-bond acceptors (Lipinski definition) is 2. The molecule has 0 aliphatic carbocycles. The lowest BCUT2D eigenvalue weighted by Gasteiger charge is -2.01. The Kier molecular flexibility index (Phi) is 2.96. The normalized spacial score (nSPS) is 10.7. The molecule has 0 saturated heterocycles. The van der Waals surface area contributed by atoms with E-state index in [9.17, 15) is 9.18 Å². The minimum atomic E-state index is -0.458. The van der Waals surface area contributed by atoms with E-state index in [2.05, 4.69) is 20.9 Å². The highest BCUT2D eigenvalue weighted by Gasteiger charge is 2.17. The second-order valence-electron chi connectivity index (χ2n) is 3.20. The highest BCUT2D eigenvalue weighted by atomic mass is 79.9. The summed E-state index contributed by atoms with van der Waals surface area (Å²) in [4.78, 5) is 14.3. The smallest absolute Gasteiger partial charge is 0.340 e. The van der Waals surface area contributed by atoms with Crippen molar-refractivity contribution >= 4 is 32.8 Å². The molecular formula is C11H9BrFNO2. The number of carbonyl (C=O) groups excluding carboxylic acids is 1. The lowest BCUT2D eigenvalue weighted by molar-refractivity contribution is 0.0528. The topological polar surface area (TPSA) is 42.1 Å². The average Bonchev–Trinajstić information content (AvgIpc) is 2.69. The van der Waals surface area contributed by atoms with Gasteiger partial charge in [0.25, 0.3) is 0 Å². The van der Waals surface area contributed by atoms with Crippen LogP contribution in [0.3, 0.4) is 0 Å². The Hall–Kier alpha value is -1.36. The van der Waals surface area contributed by atoms with Crippen molar-refractivity contribution < 1.29 is 13.9 Å². The molecule has 0 radical (unpaired) electrons. The van der Waals surface area contributed by atoms with Gasteiger partial charge in [-0.1, -0.05) is 15.9 Å². The fourth-order valence-corrected chi connectivity index (χ4v) is 2.09. The van der Waals surface area contributed by atoms with Crippen LogP contribution < -0.4 is 0 Å². The van der Waals surface area contributed by atoms with Gasteiger partial charge in [-0.25, -0.2) is 9.18 Å². The van der Waals surface area contributed by atoms with Gasteiger partial charge in [0.1, 0.15) is 5.82 Å². The van der Waals surface area contributed by atoms with Crippen molar-refractivity contribution in [1.29, 1.82) is 0 Å². The number of aromatic nitrogens is 1. The molecular weight excluding hydrogens is 277 g/mol. The van der Waals surface area contributed by atoms with Crippen LogP contribution in [0.15, 0.2) is 22.8 Å². The van der Waals surface area contributed by atoms with Crippen LogP contribution in [0.1, 0.15) is 17.3 Å². The van der Waals surface area contributed by atoms with E-state index in [1.807, 2.05) is 0 Å². The van der Waals surface area contributed by atoms with Gasteiger partial charge in [-0.3, -0.25) is 0 Å². The van der Waals surface area contributed by atoms with Gasteiger partial charge in [0.05, 0.1) is 17.7 Å². The summed E-state index contributed by atoms with van der Waals surface area (Å²) >= 11 is 3.29. The summed E-state index contributed by atoms with van der Waals surface area (Å²) in [5.74, 6) is -0.853. The molecule has 0 aliphatic rings. The largest absolute Gasteiger partial charge is 0.462 e. The van der Waals surface area contributed by atoms with Crippen LogP contribution in [0.5, 0.6) is 0 Å². The fourth-order valence-electron chi connectivity index (χ4n) is 1.54. The van der Waals surface area contributed by atoms with Crippen LogP contribution >= 0.6 is 15.9 Å². The molecule has 0 bridgehead atoms. The first kappa shape index (κ1) is 11.1. The van der Waals surface area contributed by atoms with E-state index in [1.54, 1.807) is 13.0 Å². The van der Waals surface area contributed by atoms with Crippen LogP contribution in [0.4, 0.5) is 4.39 Å². The number of ether oxygens (including phenoxy) is 1. The summed E-state index contributed by atoms with van der Waals surface area (Å²) in [5, 5.41) is 0.512. The predicted molar refractivity (Wildman–Crippen MR) is 61.9 cm³/mol. The number of esters is 1. The van der Waals surface area contributed by atoms with Crippen LogP contribution in [0.25, 0.3) is 10.9 Å². The molecule has 0 atom stereocenters. The summed E-state index contributed by atoms with van der Waals surface area (Å²) in [5.41, 5.74) is 0.639. The van der Waals surface area contributed by atoms with Gasteiger partial charge >= 0.3 is 5.97 Å². The van der Waals surface area contributed by atoms with E-state index in [-0.39, 0.29) is 0 Å². The summed E-state index contributed by atoms with van der Waals surface area (Å²) in [6.45, 7) is 2.01. The monoisotopic (exact) mass is 285 g/mol. The molecule has 0 saturated carbocycles.